The zero-order chi connectivity index (χ0) is 32.7. The maximum Gasteiger partial charge on any atom is 0.326 e. The molecule has 230 valence electrons. The standard InChI is InChI=1S/C28H29N7O8S/c1-28(2,27(41)35-20(26(39)40)11-22(29)37)13-8-16(15-10-14(44(32,42)43)4-6-21(15)36)23(38)17(9-13)25-33-18-5-3-12(24(30)31)7-19(18)34-25/h3-10,20,36,38H,11H2,1-2H3,(H2,29,37)(H3,30,31)(H,33,34)(H,35,41)(H,39,40)(H2,32,42,43). The number of amides is 2. The number of phenolic OH excluding ortho intramolecular Hbond substituents is 2. The van der Waals surface area contributed by atoms with Gasteiger partial charge < -0.3 is 37.1 Å². The fourth-order valence-corrected chi connectivity index (χ4v) is 5.00. The van der Waals surface area contributed by atoms with Gasteiger partial charge in [-0.25, -0.2) is 23.3 Å². The number of carbonyl (C=O) groups is 3. The van der Waals surface area contributed by atoms with Gasteiger partial charge in [-0.3, -0.25) is 15.0 Å². The average molecular weight is 624 g/mol. The highest BCUT2D eigenvalue weighted by Gasteiger charge is 2.35. The van der Waals surface area contributed by atoms with Gasteiger partial charge in [-0.05, 0) is 67.9 Å². The Morgan fingerprint density at radius 3 is 2.27 bits per heavy atom. The lowest BCUT2D eigenvalue weighted by atomic mass is 9.80. The molecule has 0 bridgehead atoms. The highest BCUT2D eigenvalue weighted by molar-refractivity contribution is 7.89. The van der Waals surface area contributed by atoms with E-state index in [9.17, 15) is 38.1 Å². The van der Waals surface area contributed by atoms with Gasteiger partial charge in [0.05, 0.1) is 33.3 Å². The highest BCUT2D eigenvalue weighted by Crippen LogP contribution is 2.44. The van der Waals surface area contributed by atoms with Gasteiger partial charge in [0, 0.05) is 16.7 Å². The van der Waals surface area contributed by atoms with Crippen molar-refractivity contribution in [1.29, 1.82) is 5.41 Å². The lowest BCUT2D eigenvalue weighted by Crippen LogP contribution is -2.49. The molecule has 4 aromatic rings. The molecule has 4 rings (SSSR count). The van der Waals surface area contributed by atoms with Gasteiger partial charge in [0.1, 0.15) is 29.2 Å². The number of primary amides is 1. The van der Waals surface area contributed by atoms with E-state index in [1.54, 1.807) is 18.2 Å². The molecule has 1 aromatic heterocycles. The Hall–Kier alpha value is -5.48. The predicted octanol–water partition coefficient (Wildman–Crippen LogP) is 0.962. The van der Waals surface area contributed by atoms with E-state index in [1.807, 2.05) is 0 Å². The number of carbonyl (C=O) groups excluding carboxylic acids is 2. The first-order valence-electron chi connectivity index (χ1n) is 12.8. The Morgan fingerprint density at radius 2 is 1.68 bits per heavy atom. The SMILES string of the molecule is CC(C)(C(=O)NC(CC(N)=O)C(=O)O)c1cc(-c2nc3cc(C(=N)N)ccc3[nH]2)c(O)c(-c2cc(S(N)(=O)=O)ccc2O)c1. The fourth-order valence-electron chi connectivity index (χ4n) is 4.46. The number of phenols is 2. The first-order chi connectivity index (χ1) is 20.4. The van der Waals surface area contributed by atoms with E-state index < -0.39 is 57.2 Å². The van der Waals surface area contributed by atoms with Crippen molar-refractivity contribution in [2.45, 2.75) is 36.6 Å². The number of nitrogens with two attached hydrogens (primary N) is 3. The van der Waals surface area contributed by atoms with E-state index in [1.165, 1.54) is 26.0 Å². The molecule has 1 unspecified atom stereocenters. The Balaban J connectivity index is 1.97. The maximum absolute atomic E-state index is 13.4. The lowest BCUT2D eigenvalue weighted by molar-refractivity contribution is -0.144. The number of rotatable bonds is 10. The molecule has 2 amide bonds. The van der Waals surface area contributed by atoms with E-state index in [0.29, 0.717) is 16.6 Å². The number of fused-ring (bicyclic) bond motifs is 1. The molecule has 0 aliphatic carbocycles. The van der Waals surface area contributed by atoms with Crippen molar-refractivity contribution < 1.29 is 38.1 Å². The number of aliphatic carboxylic acids is 1. The number of nitrogens with one attached hydrogen (secondary N) is 3. The summed E-state index contributed by atoms with van der Waals surface area (Å²) >= 11 is 0. The second kappa shape index (κ2) is 11.3. The average Bonchev–Trinajstić information content (AvgIpc) is 3.35. The number of sulfonamides is 1. The molecular formula is C28H29N7O8S. The lowest BCUT2D eigenvalue weighted by Gasteiger charge is -2.27. The summed E-state index contributed by atoms with van der Waals surface area (Å²) in [6, 6.07) is 9.05. The smallest absolute Gasteiger partial charge is 0.326 e. The third-order valence-electron chi connectivity index (χ3n) is 7.04. The van der Waals surface area contributed by atoms with Crippen LogP contribution in [0.5, 0.6) is 11.5 Å². The first-order valence-corrected chi connectivity index (χ1v) is 14.3. The van der Waals surface area contributed by atoms with E-state index in [0.717, 1.165) is 18.2 Å². The molecule has 0 fully saturated rings. The minimum absolute atomic E-state index is 0.0197. The summed E-state index contributed by atoms with van der Waals surface area (Å²) in [6.45, 7) is 2.90. The van der Waals surface area contributed by atoms with Crippen molar-refractivity contribution in [1.82, 2.24) is 15.3 Å². The Kier molecular flexibility index (Phi) is 8.08. The van der Waals surface area contributed by atoms with Gasteiger partial charge in [-0.2, -0.15) is 0 Å². The number of aromatic hydroxyl groups is 2. The highest BCUT2D eigenvalue weighted by atomic mass is 32.2. The molecule has 1 atom stereocenters. The van der Waals surface area contributed by atoms with E-state index in [4.69, 9.17) is 22.0 Å². The van der Waals surface area contributed by atoms with Crippen LogP contribution in [0.15, 0.2) is 53.4 Å². The van der Waals surface area contributed by atoms with Crippen molar-refractivity contribution in [3.63, 3.8) is 0 Å². The van der Waals surface area contributed by atoms with Crippen LogP contribution in [0, 0.1) is 5.41 Å². The van der Waals surface area contributed by atoms with Crippen molar-refractivity contribution in [2.75, 3.05) is 0 Å². The minimum Gasteiger partial charge on any atom is -0.507 e. The van der Waals surface area contributed by atoms with Crippen LogP contribution >= 0.6 is 0 Å². The molecule has 0 radical (unpaired) electrons. The monoisotopic (exact) mass is 623 g/mol. The number of carboxylic acids is 1. The van der Waals surface area contributed by atoms with Gasteiger partial charge in [-0.15, -0.1) is 0 Å². The molecule has 15 nitrogen and oxygen atoms in total. The van der Waals surface area contributed by atoms with Crippen LogP contribution in [0.2, 0.25) is 0 Å². The number of H-pyrrole nitrogens is 1. The number of nitrogens with zero attached hydrogens (tertiary/aromatic N) is 1. The molecular weight excluding hydrogens is 594 g/mol. The van der Waals surface area contributed by atoms with E-state index in [2.05, 4.69) is 15.3 Å². The number of aromatic amines is 1. The quantitative estimate of drug-likeness (QED) is 0.0890. The fraction of sp³-hybridized carbons (Fsp3) is 0.179. The summed E-state index contributed by atoms with van der Waals surface area (Å²) < 4.78 is 24.2. The molecule has 1 heterocycles. The molecule has 0 spiro atoms. The molecule has 16 heteroatoms. The molecule has 0 saturated heterocycles. The summed E-state index contributed by atoms with van der Waals surface area (Å²) in [7, 11) is -4.23. The summed E-state index contributed by atoms with van der Waals surface area (Å²) in [5.74, 6) is -4.26. The number of hydrogen-bond acceptors (Lipinski definition) is 9. The predicted molar refractivity (Wildman–Crippen MR) is 159 cm³/mol. The number of benzene rings is 3. The molecule has 44 heavy (non-hydrogen) atoms. The zero-order valence-electron chi connectivity index (χ0n) is 23.4. The Bertz CT molecular complexity index is 1970. The normalized spacial score (nSPS) is 12.5. The van der Waals surface area contributed by atoms with Crippen LogP contribution in [0.3, 0.4) is 0 Å². The minimum atomic E-state index is -4.23. The summed E-state index contributed by atoms with van der Waals surface area (Å²) in [5.41, 5.74) is 10.4. The molecule has 3 aromatic carbocycles. The van der Waals surface area contributed by atoms with Crippen molar-refractivity contribution in [3.8, 4) is 34.0 Å². The Morgan fingerprint density at radius 1 is 1.02 bits per heavy atom. The van der Waals surface area contributed by atoms with Crippen LogP contribution in [0.25, 0.3) is 33.5 Å². The number of imidazole rings is 1. The summed E-state index contributed by atoms with van der Waals surface area (Å²) in [4.78, 5) is 43.7. The van der Waals surface area contributed by atoms with Crippen LogP contribution in [-0.4, -0.2) is 63.4 Å². The third-order valence-corrected chi connectivity index (χ3v) is 7.95. The van der Waals surface area contributed by atoms with Crippen molar-refractivity contribution in [3.05, 3.63) is 59.7 Å². The molecule has 12 N–H and O–H groups in total. The van der Waals surface area contributed by atoms with Crippen molar-refractivity contribution in [2.24, 2.45) is 16.6 Å². The van der Waals surface area contributed by atoms with Crippen LogP contribution in [0.4, 0.5) is 0 Å². The number of amidine groups is 1. The van der Waals surface area contributed by atoms with E-state index >= 15 is 0 Å². The van der Waals surface area contributed by atoms with Crippen LogP contribution in [0.1, 0.15) is 31.4 Å². The third kappa shape index (κ3) is 6.16. The van der Waals surface area contributed by atoms with Crippen LogP contribution < -0.4 is 21.9 Å². The number of aromatic nitrogens is 2. The van der Waals surface area contributed by atoms with Gasteiger partial charge in [-0.1, -0.05) is 0 Å². The summed E-state index contributed by atoms with van der Waals surface area (Å²) in [5, 5.41) is 47.0. The Labute approximate surface area is 250 Å². The van der Waals surface area contributed by atoms with Gasteiger partial charge >= 0.3 is 5.97 Å². The van der Waals surface area contributed by atoms with Gasteiger partial charge in [0.15, 0.2) is 0 Å². The van der Waals surface area contributed by atoms with Gasteiger partial charge in [0.2, 0.25) is 21.8 Å². The second-order valence-electron chi connectivity index (χ2n) is 10.5. The van der Waals surface area contributed by atoms with Crippen molar-refractivity contribution >= 4 is 44.7 Å². The second-order valence-corrected chi connectivity index (χ2v) is 12.1. The zero-order valence-corrected chi connectivity index (χ0v) is 24.2. The number of hydrogen-bond donors (Lipinski definition) is 9. The maximum atomic E-state index is 13.4. The molecule has 0 aliphatic rings. The molecule has 0 aliphatic heterocycles. The number of nitrogen functional groups attached to an aromatic ring is 1. The summed E-state index contributed by atoms with van der Waals surface area (Å²) in [6.07, 6.45) is -0.668. The van der Waals surface area contributed by atoms with Crippen LogP contribution in [-0.2, 0) is 29.8 Å². The van der Waals surface area contributed by atoms with E-state index in [-0.39, 0.29) is 38.8 Å². The first kappa shape index (κ1) is 31.5. The number of primary sulfonamides is 1. The van der Waals surface area contributed by atoms with Gasteiger partial charge in [0.25, 0.3) is 0 Å². The topological polar surface area (TPSA) is 289 Å². The number of carboxylic acid groups (broad SMARTS) is 1. The molecule has 0 saturated carbocycles. The largest absolute Gasteiger partial charge is 0.507 e.